The van der Waals surface area contributed by atoms with Crippen LogP contribution in [0.15, 0.2) is 36.7 Å². The molecule has 8 heteroatoms. The van der Waals surface area contributed by atoms with Gasteiger partial charge in [0.1, 0.15) is 23.5 Å². The number of rotatable bonds is 4. The molecule has 0 atom stereocenters. The first-order valence-electron chi connectivity index (χ1n) is 7.77. The van der Waals surface area contributed by atoms with Crippen LogP contribution < -0.4 is 10.2 Å². The second-order valence-electron chi connectivity index (χ2n) is 5.54. The summed E-state index contributed by atoms with van der Waals surface area (Å²) < 4.78 is 0. The summed E-state index contributed by atoms with van der Waals surface area (Å²) in [7, 11) is 0. The monoisotopic (exact) mass is 327 g/mol. The van der Waals surface area contributed by atoms with E-state index < -0.39 is 10.8 Å². The number of nitrogens with zero attached hydrogens (tertiary/aromatic N) is 4. The highest BCUT2D eigenvalue weighted by Crippen LogP contribution is 2.24. The van der Waals surface area contributed by atoms with Gasteiger partial charge in [-0.25, -0.2) is 9.97 Å². The third kappa shape index (κ3) is 3.48. The van der Waals surface area contributed by atoms with Gasteiger partial charge in [-0.2, -0.15) is 0 Å². The molecule has 0 unspecified atom stereocenters. The van der Waals surface area contributed by atoms with Crippen molar-refractivity contribution in [2.75, 3.05) is 23.3 Å². The Labute approximate surface area is 138 Å². The van der Waals surface area contributed by atoms with E-state index in [9.17, 15) is 14.9 Å². The standard InChI is InChI=1S/C16H17N5O3/c22-16(19-12-6-2-3-7-14(12)21(23)24)13-10-15(18-11-17-13)20-8-4-1-5-9-20/h2-3,6-7,10-11H,1,4-5,8-9H2,(H,19,22). The van der Waals surface area contributed by atoms with E-state index in [1.165, 1.54) is 24.9 Å². The molecule has 8 nitrogen and oxygen atoms in total. The van der Waals surface area contributed by atoms with Gasteiger partial charge in [0.25, 0.3) is 11.6 Å². The molecule has 3 rings (SSSR count). The van der Waals surface area contributed by atoms with Crippen molar-refractivity contribution in [2.24, 2.45) is 0 Å². The van der Waals surface area contributed by atoms with Crippen LogP contribution in [0.25, 0.3) is 0 Å². The molecule has 1 fully saturated rings. The molecule has 1 saturated heterocycles. The zero-order valence-electron chi connectivity index (χ0n) is 13.0. The van der Waals surface area contributed by atoms with Gasteiger partial charge in [0.05, 0.1) is 4.92 Å². The van der Waals surface area contributed by atoms with Gasteiger partial charge in [-0.15, -0.1) is 0 Å². The number of hydrogen-bond acceptors (Lipinski definition) is 6. The van der Waals surface area contributed by atoms with E-state index >= 15 is 0 Å². The fourth-order valence-electron chi connectivity index (χ4n) is 2.69. The molecule has 0 radical (unpaired) electrons. The first-order chi connectivity index (χ1) is 11.6. The summed E-state index contributed by atoms with van der Waals surface area (Å²) in [5.41, 5.74) is 0.172. The molecular weight excluding hydrogens is 310 g/mol. The number of para-hydroxylation sites is 2. The van der Waals surface area contributed by atoms with Crippen LogP contribution in [-0.4, -0.2) is 33.9 Å². The molecule has 0 saturated carbocycles. The normalized spacial score (nSPS) is 14.2. The number of nitrogens with one attached hydrogen (secondary N) is 1. The maximum absolute atomic E-state index is 12.4. The molecule has 0 bridgehead atoms. The van der Waals surface area contributed by atoms with Crippen LogP contribution in [-0.2, 0) is 0 Å². The van der Waals surface area contributed by atoms with Crippen LogP contribution in [0.5, 0.6) is 0 Å². The molecule has 1 aromatic carbocycles. The lowest BCUT2D eigenvalue weighted by molar-refractivity contribution is -0.383. The Morgan fingerprint density at radius 3 is 2.67 bits per heavy atom. The molecule has 1 aliphatic rings. The summed E-state index contributed by atoms with van der Waals surface area (Å²) in [4.78, 5) is 33.2. The molecule has 24 heavy (non-hydrogen) atoms. The fourth-order valence-corrected chi connectivity index (χ4v) is 2.69. The molecule has 2 aromatic rings. The summed E-state index contributed by atoms with van der Waals surface area (Å²) in [5.74, 6) is 0.211. The molecule has 1 aliphatic heterocycles. The van der Waals surface area contributed by atoms with Crippen molar-refractivity contribution in [1.82, 2.24) is 9.97 Å². The zero-order chi connectivity index (χ0) is 16.9. The van der Waals surface area contributed by atoms with E-state index in [0.717, 1.165) is 25.9 Å². The Morgan fingerprint density at radius 2 is 1.92 bits per heavy atom. The minimum absolute atomic E-state index is 0.144. The average Bonchev–Trinajstić information content (AvgIpc) is 2.63. The van der Waals surface area contributed by atoms with Gasteiger partial charge in [-0.1, -0.05) is 12.1 Å². The minimum Gasteiger partial charge on any atom is -0.357 e. The van der Waals surface area contributed by atoms with Crippen molar-refractivity contribution < 1.29 is 9.72 Å². The van der Waals surface area contributed by atoms with Crippen LogP contribution in [0.3, 0.4) is 0 Å². The Hall–Kier alpha value is -3.03. The second-order valence-corrected chi connectivity index (χ2v) is 5.54. The SMILES string of the molecule is O=C(Nc1ccccc1[N+](=O)[O-])c1cc(N2CCCCC2)ncn1. The van der Waals surface area contributed by atoms with Crippen molar-refractivity contribution in [3.63, 3.8) is 0 Å². The van der Waals surface area contributed by atoms with Crippen LogP contribution in [0.2, 0.25) is 0 Å². The minimum atomic E-state index is -0.533. The molecule has 0 aliphatic carbocycles. The fraction of sp³-hybridized carbons (Fsp3) is 0.312. The Morgan fingerprint density at radius 1 is 1.17 bits per heavy atom. The van der Waals surface area contributed by atoms with E-state index in [-0.39, 0.29) is 17.1 Å². The van der Waals surface area contributed by atoms with Gasteiger partial charge < -0.3 is 10.2 Å². The maximum atomic E-state index is 12.4. The lowest BCUT2D eigenvalue weighted by Crippen LogP contribution is -2.30. The average molecular weight is 327 g/mol. The van der Waals surface area contributed by atoms with E-state index in [1.807, 2.05) is 0 Å². The van der Waals surface area contributed by atoms with Gasteiger partial charge in [0.2, 0.25) is 0 Å². The van der Waals surface area contributed by atoms with E-state index in [0.29, 0.717) is 5.82 Å². The summed E-state index contributed by atoms with van der Waals surface area (Å²) in [6.07, 6.45) is 4.74. The lowest BCUT2D eigenvalue weighted by Gasteiger charge is -2.27. The predicted octanol–water partition coefficient (Wildman–Crippen LogP) is 2.63. The predicted molar refractivity (Wildman–Crippen MR) is 89.1 cm³/mol. The van der Waals surface area contributed by atoms with Gasteiger partial charge in [0, 0.05) is 25.2 Å². The van der Waals surface area contributed by atoms with Gasteiger partial charge in [-0.3, -0.25) is 14.9 Å². The Kier molecular flexibility index (Phi) is 4.64. The highest BCUT2D eigenvalue weighted by atomic mass is 16.6. The highest BCUT2D eigenvalue weighted by molar-refractivity contribution is 6.04. The van der Waals surface area contributed by atoms with Gasteiger partial charge in [0.15, 0.2) is 0 Å². The van der Waals surface area contributed by atoms with Crippen LogP contribution >= 0.6 is 0 Å². The van der Waals surface area contributed by atoms with Crippen LogP contribution in [0.1, 0.15) is 29.8 Å². The number of carbonyl (C=O) groups excluding carboxylic acids is 1. The maximum Gasteiger partial charge on any atom is 0.292 e. The number of anilines is 2. The smallest absolute Gasteiger partial charge is 0.292 e. The van der Waals surface area contributed by atoms with Crippen LogP contribution in [0, 0.1) is 10.1 Å². The molecule has 1 amide bonds. The largest absolute Gasteiger partial charge is 0.357 e. The quantitative estimate of drug-likeness (QED) is 0.684. The molecule has 0 spiro atoms. The molecular formula is C16H17N5O3. The van der Waals surface area contributed by atoms with E-state index in [2.05, 4.69) is 20.2 Å². The molecule has 2 heterocycles. The van der Waals surface area contributed by atoms with Gasteiger partial charge in [-0.05, 0) is 25.3 Å². The Balaban J connectivity index is 1.79. The molecule has 1 N–H and O–H groups in total. The van der Waals surface area contributed by atoms with Crippen molar-refractivity contribution in [3.8, 4) is 0 Å². The number of nitro benzene ring substituents is 1. The van der Waals surface area contributed by atoms with Crippen molar-refractivity contribution >= 4 is 23.1 Å². The third-order valence-corrected chi connectivity index (χ3v) is 3.91. The number of amides is 1. The Bertz CT molecular complexity index is 759. The number of aromatic nitrogens is 2. The van der Waals surface area contributed by atoms with E-state index in [4.69, 9.17) is 0 Å². The van der Waals surface area contributed by atoms with Crippen molar-refractivity contribution in [2.45, 2.75) is 19.3 Å². The number of nitro groups is 1. The van der Waals surface area contributed by atoms with Crippen molar-refractivity contribution in [1.29, 1.82) is 0 Å². The summed E-state index contributed by atoms with van der Waals surface area (Å²) in [6, 6.07) is 7.63. The summed E-state index contributed by atoms with van der Waals surface area (Å²) in [5, 5.41) is 13.6. The number of piperidine rings is 1. The first-order valence-corrected chi connectivity index (χ1v) is 7.77. The van der Waals surface area contributed by atoms with Crippen molar-refractivity contribution in [3.05, 3.63) is 52.5 Å². The second kappa shape index (κ2) is 7.03. The topological polar surface area (TPSA) is 101 Å². The number of benzene rings is 1. The van der Waals surface area contributed by atoms with E-state index in [1.54, 1.807) is 18.2 Å². The zero-order valence-corrected chi connectivity index (χ0v) is 13.0. The number of hydrogen-bond donors (Lipinski definition) is 1. The third-order valence-electron chi connectivity index (χ3n) is 3.91. The summed E-state index contributed by atoms with van der Waals surface area (Å²) >= 11 is 0. The molecule has 124 valence electrons. The van der Waals surface area contributed by atoms with Crippen LogP contribution in [0.4, 0.5) is 17.2 Å². The highest BCUT2D eigenvalue weighted by Gasteiger charge is 2.18. The molecule has 1 aromatic heterocycles. The lowest BCUT2D eigenvalue weighted by atomic mass is 10.1. The van der Waals surface area contributed by atoms with Gasteiger partial charge >= 0.3 is 0 Å². The summed E-state index contributed by atoms with van der Waals surface area (Å²) in [6.45, 7) is 1.81. The first kappa shape index (κ1) is 15.9. The number of carbonyl (C=O) groups is 1.